The van der Waals surface area contributed by atoms with Gasteiger partial charge in [0.2, 0.25) is 5.91 Å². The number of amides is 1. The number of aliphatic carboxylic acids is 1. The predicted molar refractivity (Wildman–Crippen MR) is 58.3 cm³/mol. The summed E-state index contributed by atoms with van der Waals surface area (Å²) in [5, 5.41) is 7.05. The van der Waals surface area contributed by atoms with Gasteiger partial charge in [-0.15, -0.1) is 0 Å². The van der Waals surface area contributed by atoms with Crippen molar-refractivity contribution < 1.29 is 27.9 Å². The van der Waals surface area contributed by atoms with Crippen molar-refractivity contribution in [2.75, 3.05) is 32.1 Å². The molecule has 1 amide bonds. The first-order chi connectivity index (χ1) is 7.84. The van der Waals surface area contributed by atoms with Gasteiger partial charge in [-0.2, -0.15) is 0 Å². The number of carbonyl (C=O) groups excluding carboxylic acids is 1. The molecule has 1 fully saturated rings. The van der Waals surface area contributed by atoms with Crippen LogP contribution in [0.4, 0.5) is 0 Å². The van der Waals surface area contributed by atoms with Crippen LogP contribution < -0.4 is 0 Å². The number of morpholine rings is 1. The van der Waals surface area contributed by atoms with E-state index < -0.39 is 32.7 Å². The molecule has 0 spiro atoms. The zero-order chi connectivity index (χ0) is 13.1. The Morgan fingerprint density at radius 3 is 2.35 bits per heavy atom. The van der Waals surface area contributed by atoms with Crippen molar-refractivity contribution in [2.24, 2.45) is 0 Å². The van der Waals surface area contributed by atoms with Crippen LogP contribution in [0.2, 0.25) is 0 Å². The molecule has 0 aromatic heterocycles. The summed E-state index contributed by atoms with van der Waals surface area (Å²) in [6.07, 6.45) is 0. The van der Waals surface area contributed by atoms with Crippen LogP contribution >= 0.6 is 0 Å². The third-order valence-electron chi connectivity index (χ3n) is 2.57. The van der Waals surface area contributed by atoms with Crippen molar-refractivity contribution >= 4 is 21.7 Å². The van der Waals surface area contributed by atoms with E-state index in [1.165, 1.54) is 4.90 Å². The van der Waals surface area contributed by atoms with Crippen LogP contribution in [0.1, 0.15) is 6.92 Å². The van der Waals surface area contributed by atoms with E-state index in [9.17, 15) is 18.0 Å². The fourth-order valence-electron chi connectivity index (χ4n) is 1.35. The normalized spacial score (nSPS) is 18.8. The number of nitrogens with zero attached hydrogens (tertiary/aromatic N) is 1. The number of carboxylic acids is 1. The average molecular weight is 265 g/mol. The number of ether oxygens (including phenoxy) is 1. The van der Waals surface area contributed by atoms with Crippen molar-refractivity contribution in [2.45, 2.75) is 12.2 Å². The number of carboxylic acid groups (broad SMARTS) is 1. The van der Waals surface area contributed by atoms with Gasteiger partial charge in [0.1, 0.15) is 5.75 Å². The lowest BCUT2D eigenvalue weighted by Gasteiger charge is -2.26. The molecule has 0 radical (unpaired) electrons. The van der Waals surface area contributed by atoms with Crippen LogP contribution in [0.15, 0.2) is 0 Å². The van der Waals surface area contributed by atoms with E-state index in [2.05, 4.69) is 0 Å². The zero-order valence-electron chi connectivity index (χ0n) is 9.46. The molecule has 98 valence electrons. The zero-order valence-corrected chi connectivity index (χ0v) is 10.3. The molecule has 7 nitrogen and oxygen atoms in total. The van der Waals surface area contributed by atoms with E-state index in [1.54, 1.807) is 0 Å². The summed E-state index contributed by atoms with van der Waals surface area (Å²) in [6.45, 7) is 2.50. The lowest BCUT2D eigenvalue weighted by atomic mass is 10.4. The second kappa shape index (κ2) is 5.46. The summed E-state index contributed by atoms with van der Waals surface area (Å²) in [5.74, 6) is -2.78. The van der Waals surface area contributed by atoms with Gasteiger partial charge in [-0.25, -0.2) is 8.42 Å². The highest BCUT2D eigenvalue weighted by molar-refractivity contribution is 7.93. The first-order valence-electron chi connectivity index (χ1n) is 5.14. The molecular weight excluding hydrogens is 250 g/mol. The minimum atomic E-state index is -3.94. The smallest absolute Gasteiger partial charge is 0.321 e. The Morgan fingerprint density at radius 2 is 1.88 bits per heavy atom. The number of hydrogen-bond acceptors (Lipinski definition) is 5. The van der Waals surface area contributed by atoms with Crippen molar-refractivity contribution in [3.8, 4) is 0 Å². The van der Waals surface area contributed by atoms with Crippen molar-refractivity contribution in [3.05, 3.63) is 0 Å². The Hall–Kier alpha value is -1.15. The molecule has 1 N–H and O–H groups in total. The molecule has 0 aliphatic carbocycles. The SMILES string of the molecule is CC(C(=O)O)S(=O)(=O)CC(=O)N1CCOCC1. The number of sulfone groups is 1. The molecule has 0 aromatic rings. The molecule has 0 bridgehead atoms. The number of carbonyl (C=O) groups is 2. The Balaban J connectivity index is 2.64. The summed E-state index contributed by atoms with van der Waals surface area (Å²) in [4.78, 5) is 23.6. The quantitative estimate of drug-likeness (QED) is 0.680. The molecule has 0 saturated carbocycles. The Bertz CT molecular complexity index is 398. The molecule has 1 aliphatic heterocycles. The van der Waals surface area contributed by atoms with Gasteiger partial charge in [0.15, 0.2) is 15.1 Å². The summed E-state index contributed by atoms with van der Waals surface area (Å²) in [5.41, 5.74) is 0. The fourth-order valence-corrected chi connectivity index (χ4v) is 2.44. The van der Waals surface area contributed by atoms with Gasteiger partial charge in [-0.05, 0) is 6.92 Å². The highest BCUT2D eigenvalue weighted by Gasteiger charge is 2.32. The third-order valence-corrected chi connectivity index (χ3v) is 4.50. The molecule has 8 heteroatoms. The largest absolute Gasteiger partial charge is 0.480 e. The molecule has 1 saturated heterocycles. The number of rotatable bonds is 4. The van der Waals surface area contributed by atoms with Crippen LogP contribution in [-0.4, -0.2) is 67.6 Å². The van der Waals surface area contributed by atoms with Crippen LogP contribution in [0.5, 0.6) is 0 Å². The van der Waals surface area contributed by atoms with Crippen molar-refractivity contribution in [3.63, 3.8) is 0 Å². The van der Waals surface area contributed by atoms with E-state index in [0.717, 1.165) is 6.92 Å². The van der Waals surface area contributed by atoms with E-state index in [1.807, 2.05) is 0 Å². The minimum Gasteiger partial charge on any atom is -0.480 e. The first kappa shape index (κ1) is 13.9. The van der Waals surface area contributed by atoms with Gasteiger partial charge >= 0.3 is 5.97 Å². The molecule has 1 aliphatic rings. The summed E-state index contributed by atoms with van der Waals surface area (Å²) in [6, 6.07) is 0. The molecule has 1 rings (SSSR count). The van der Waals surface area contributed by atoms with E-state index in [-0.39, 0.29) is 0 Å². The highest BCUT2D eigenvalue weighted by Crippen LogP contribution is 2.06. The second-order valence-electron chi connectivity index (χ2n) is 3.78. The topological polar surface area (TPSA) is 101 Å². The van der Waals surface area contributed by atoms with Gasteiger partial charge in [0, 0.05) is 13.1 Å². The van der Waals surface area contributed by atoms with Gasteiger partial charge in [0.05, 0.1) is 13.2 Å². The monoisotopic (exact) mass is 265 g/mol. The summed E-state index contributed by atoms with van der Waals surface area (Å²) < 4.78 is 28.2. The van der Waals surface area contributed by atoms with E-state index in [4.69, 9.17) is 9.84 Å². The molecule has 1 heterocycles. The van der Waals surface area contributed by atoms with Crippen molar-refractivity contribution in [1.29, 1.82) is 0 Å². The maximum Gasteiger partial charge on any atom is 0.321 e. The van der Waals surface area contributed by atoms with Gasteiger partial charge in [-0.1, -0.05) is 0 Å². The second-order valence-corrected chi connectivity index (χ2v) is 6.10. The van der Waals surface area contributed by atoms with Crippen LogP contribution in [0.25, 0.3) is 0 Å². The van der Waals surface area contributed by atoms with Crippen LogP contribution in [0.3, 0.4) is 0 Å². The van der Waals surface area contributed by atoms with Crippen LogP contribution in [-0.2, 0) is 24.2 Å². The van der Waals surface area contributed by atoms with Crippen molar-refractivity contribution in [1.82, 2.24) is 4.90 Å². The molecule has 17 heavy (non-hydrogen) atoms. The molecule has 0 aromatic carbocycles. The standard InChI is InChI=1S/C9H15NO6S/c1-7(9(12)13)17(14,15)6-8(11)10-2-4-16-5-3-10/h7H,2-6H2,1H3,(H,12,13). The number of hydrogen-bond donors (Lipinski definition) is 1. The molecule has 1 atom stereocenters. The van der Waals surface area contributed by atoms with E-state index in [0.29, 0.717) is 26.3 Å². The molecular formula is C9H15NO6S. The summed E-state index contributed by atoms with van der Waals surface area (Å²) >= 11 is 0. The fraction of sp³-hybridized carbons (Fsp3) is 0.778. The Morgan fingerprint density at radius 1 is 1.35 bits per heavy atom. The van der Waals surface area contributed by atoms with E-state index >= 15 is 0 Å². The Kier molecular flexibility index (Phi) is 4.47. The van der Waals surface area contributed by atoms with Gasteiger partial charge in [0.25, 0.3) is 0 Å². The predicted octanol–water partition coefficient (Wildman–Crippen LogP) is -1.27. The van der Waals surface area contributed by atoms with Crippen LogP contribution in [0, 0.1) is 0 Å². The van der Waals surface area contributed by atoms with Gasteiger partial charge in [-0.3, -0.25) is 9.59 Å². The first-order valence-corrected chi connectivity index (χ1v) is 6.86. The average Bonchev–Trinajstić information content (AvgIpc) is 2.28. The maximum absolute atomic E-state index is 11.6. The molecule has 1 unspecified atom stereocenters. The van der Waals surface area contributed by atoms with Gasteiger partial charge < -0.3 is 14.7 Å². The third kappa shape index (κ3) is 3.67. The minimum absolute atomic E-state index is 0.343. The lowest BCUT2D eigenvalue weighted by molar-refractivity contribution is -0.136. The Labute approximate surface area is 99.3 Å². The summed E-state index contributed by atoms with van der Waals surface area (Å²) in [7, 11) is -3.94. The lowest BCUT2D eigenvalue weighted by Crippen LogP contribution is -2.45. The highest BCUT2D eigenvalue weighted by atomic mass is 32.2. The maximum atomic E-state index is 11.6.